The average Bonchev–Trinajstić information content (AvgIpc) is 2.62. The Kier molecular flexibility index (Phi) is 6.05. The molecule has 124 valence electrons. The Bertz CT molecular complexity index is 604. The van der Waals surface area contributed by atoms with E-state index in [0.29, 0.717) is 24.7 Å². The molecule has 1 N–H and O–H groups in total. The van der Waals surface area contributed by atoms with Crippen LogP contribution in [0.25, 0.3) is 0 Å². The Hall–Kier alpha value is -2.47. The number of methoxy groups -OCH3 is 4. The minimum Gasteiger partial charge on any atom is -0.496 e. The normalized spacial score (nSPS) is 10.3. The fourth-order valence-electron chi connectivity index (χ4n) is 2.22. The summed E-state index contributed by atoms with van der Waals surface area (Å²) < 4.78 is 21.2. The van der Waals surface area contributed by atoms with E-state index < -0.39 is 0 Å². The molecule has 0 bridgehead atoms. The predicted molar refractivity (Wildman–Crippen MR) is 87.4 cm³/mol. The lowest BCUT2D eigenvalue weighted by atomic mass is 10.1. The zero-order chi connectivity index (χ0) is 16.7. The van der Waals surface area contributed by atoms with Gasteiger partial charge in [-0.1, -0.05) is 6.07 Å². The van der Waals surface area contributed by atoms with E-state index in [1.807, 2.05) is 24.3 Å². The van der Waals surface area contributed by atoms with Gasteiger partial charge in [0.05, 0.1) is 34.0 Å². The summed E-state index contributed by atoms with van der Waals surface area (Å²) in [6.45, 7) is 1.28. The van der Waals surface area contributed by atoms with Crippen molar-refractivity contribution in [2.45, 2.75) is 13.1 Å². The van der Waals surface area contributed by atoms with Crippen LogP contribution in [-0.4, -0.2) is 33.4 Å². The van der Waals surface area contributed by atoms with Gasteiger partial charge in [-0.15, -0.1) is 0 Å². The topological polar surface area (TPSA) is 61.8 Å². The smallest absolute Gasteiger partial charge is 0.212 e. The highest BCUT2D eigenvalue weighted by Crippen LogP contribution is 2.33. The Morgan fingerprint density at radius 1 is 0.870 bits per heavy atom. The maximum Gasteiger partial charge on any atom is 0.212 e. The van der Waals surface area contributed by atoms with Crippen molar-refractivity contribution in [1.29, 1.82) is 0 Å². The molecule has 0 aliphatic carbocycles. The highest BCUT2D eigenvalue weighted by atomic mass is 16.5. The predicted octanol–water partition coefficient (Wildman–Crippen LogP) is 2.41. The SMILES string of the molecule is COc1cc(OC)c(CNCc2ccc(OC)nc2)c(OC)c1. The number of nitrogens with one attached hydrogen (secondary N) is 1. The minimum absolute atomic E-state index is 0.600. The van der Waals surface area contributed by atoms with Gasteiger partial charge in [-0.3, -0.25) is 0 Å². The van der Waals surface area contributed by atoms with Crippen molar-refractivity contribution < 1.29 is 18.9 Å². The molecular formula is C17H22N2O4. The molecular weight excluding hydrogens is 296 g/mol. The molecule has 0 aliphatic rings. The largest absolute Gasteiger partial charge is 0.496 e. The lowest BCUT2D eigenvalue weighted by Crippen LogP contribution is -2.14. The van der Waals surface area contributed by atoms with Gasteiger partial charge in [-0.2, -0.15) is 0 Å². The van der Waals surface area contributed by atoms with Crippen molar-refractivity contribution >= 4 is 0 Å². The van der Waals surface area contributed by atoms with Crippen molar-refractivity contribution in [1.82, 2.24) is 10.3 Å². The van der Waals surface area contributed by atoms with Gasteiger partial charge >= 0.3 is 0 Å². The molecule has 2 aromatic rings. The second-order valence-corrected chi connectivity index (χ2v) is 4.82. The van der Waals surface area contributed by atoms with E-state index in [1.165, 1.54) is 0 Å². The quantitative estimate of drug-likeness (QED) is 0.806. The standard InChI is InChI=1S/C17H22N2O4/c1-20-13-7-15(21-2)14(16(8-13)22-3)11-18-9-12-5-6-17(23-4)19-10-12/h5-8,10,18H,9,11H2,1-4H3. The molecule has 6 heteroatoms. The van der Waals surface area contributed by atoms with Crippen LogP contribution in [0.2, 0.25) is 0 Å². The summed E-state index contributed by atoms with van der Waals surface area (Å²) in [4.78, 5) is 4.18. The first kappa shape index (κ1) is 16.9. The first-order chi connectivity index (χ1) is 11.2. The summed E-state index contributed by atoms with van der Waals surface area (Å²) in [5.74, 6) is 2.75. The lowest BCUT2D eigenvalue weighted by molar-refractivity contribution is 0.366. The van der Waals surface area contributed by atoms with Gasteiger partial charge in [0.25, 0.3) is 0 Å². The molecule has 0 atom stereocenters. The summed E-state index contributed by atoms with van der Waals surface area (Å²) in [5, 5.41) is 3.36. The summed E-state index contributed by atoms with van der Waals surface area (Å²) in [7, 11) is 6.47. The summed E-state index contributed by atoms with van der Waals surface area (Å²) >= 11 is 0. The van der Waals surface area contributed by atoms with Crippen LogP contribution in [-0.2, 0) is 13.1 Å². The van der Waals surface area contributed by atoms with E-state index in [1.54, 1.807) is 34.6 Å². The summed E-state index contributed by atoms with van der Waals surface area (Å²) in [6.07, 6.45) is 1.79. The Morgan fingerprint density at radius 3 is 2.04 bits per heavy atom. The fourth-order valence-corrected chi connectivity index (χ4v) is 2.22. The molecule has 0 spiro atoms. The maximum absolute atomic E-state index is 5.43. The minimum atomic E-state index is 0.600. The van der Waals surface area contributed by atoms with Crippen LogP contribution in [0.1, 0.15) is 11.1 Å². The molecule has 2 rings (SSSR count). The van der Waals surface area contributed by atoms with Crippen molar-refractivity contribution in [3.8, 4) is 23.1 Å². The van der Waals surface area contributed by atoms with Crippen LogP contribution >= 0.6 is 0 Å². The molecule has 1 aromatic heterocycles. The third-order valence-electron chi connectivity index (χ3n) is 3.45. The van der Waals surface area contributed by atoms with Crippen LogP contribution in [0.4, 0.5) is 0 Å². The van der Waals surface area contributed by atoms with Gasteiger partial charge < -0.3 is 24.3 Å². The van der Waals surface area contributed by atoms with E-state index in [-0.39, 0.29) is 0 Å². The molecule has 1 aromatic carbocycles. The first-order valence-electron chi connectivity index (χ1n) is 7.20. The van der Waals surface area contributed by atoms with Gasteiger partial charge in [-0.25, -0.2) is 4.98 Å². The van der Waals surface area contributed by atoms with Gasteiger partial charge in [0.2, 0.25) is 5.88 Å². The number of hydrogen-bond acceptors (Lipinski definition) is 6. The molecule has 6 nitrogen and oxygen atoms in total. The van der Waals surface area contributed by atoms with Gasteiger partial charge in [0, 0.05) is 37.5 Å². The molecule has 0 aliphatic heterocycles. The molecule has 0 saturated carbocycles. The van der Waals surface area contributed by atoms with Crippen LogP contribution in [0.15, 0.2) is 30.5 Å². The third-order valence-corrected chi connectivity index (χ3v) is 3.45. The number of aromatic nitrogens is 1. The highest BCUT2D eigenvalue weighted by molar-refractivity contribution is 5.50. The Balaban J connectivity index is 2.06. The van der Waals surface area contributed by atoms with Crippen molar-refractivity contribution in [3.63, 3.8) is 0 Å². The van der Waals surface area contributed by atoms with Crippen molar-refractivity contribution in [2.75, 3.05) is 28.4 Å². The number of rotatable bonds is 8. The summed E-state index contributed by atoms with van der Waals surface area (Å²) in [6, 6.07) is 7.50. The second kappa shape index (κ2) is 8.24. The van der Waals surface area contributed by atoms with Crippen LogP contribution in [0.5, 0.6) is 23.1 Å². The van der Waals surface area contributed by atoms with E-state index in [9.17, 15) is 0 Å². The lowest BCUT2D eigenvalue weighted by Gasteiger charge is -2.15. The molecule has 0 unspecified atom stereocenters. The number of ether oxygens (including phenoxy) is 4. The fraction of sp³-hybridized carbons (Fsp3) is 0.353. The van der Waals surface area contributed by atoms with E-state index in [4.69, 9.17) is 18.9 Å². The van der Waals surface area contributed by atoms with Crippen LogP contribution in [0.3, 0.4) is 0 Å². The van der Waals surface area contributed by atoms with E-state index >= 15 is 0 Å². The zero-order valence-electron chi connectivity index (χ0n) is 13.9. The maximum atomic E-state index is 5.43. The molecule has 0 fully saturated rings. The average molecular weight is 318 g/mol. The van der Waals surface area contributed by atoms with Crippen LogP contribution < -0.4 is 24.3 Å². The molecule has 0 amide bonds. The Labute approximate surface area is 136 Å². The monoisotopic (exact) mass is 318 g/mol. The summed E-state index contributed by atoms with van der Waals surface area (Å²) in [5.41, 5.74) is 2.01. The molecule has 0 saturated heterocycles. The van der Waals surface area contributed by atoms with Gasteiger partial charge in [0.15, 0.2) is 0 Å². The number of benzene rings is 1. The van der Waals surface area contributed by atoms with Crippen LogP contribution in [0, 0.1) is 0 Å². The number of nitrogens with zero attached hydrogens (tertiary/aromatic N) is 1. The zero-order valence-corrected chi connectivity index (χ0v) is 13.9. The molecule has 1 heterocycles. The number of pyridine rings is 1. The second-order valence-electron chi connectivity index (χ2n) is 4.82. The third kappa shape index (κ3) is 4.26. The van der Waals surface area contributed by atoms with Crippen molar-refractivity contribution in [3.05, 3.63) is 41.6 Å². The van der Waals surface area contributed by atoms with E-state index in [2.05, 4.69) is 10.3 Å². The molecule has 0 radical (unpaired) electrons. The van der Waals surface area contributed by atoms with Crippen molar-refractivity contribution in [2.24, 2.45) is 0 Å². The van der Waals surface area contributed by atoms with E-state index in [0.717, 1.165) is 22.6 Å². The van der Waals surface area contributed by atoms with Gasteiger partial charge in [-0.05, 0) is 5.56 Å². The Morgan fingerprint density at radius 2 is 1.57 bits per heavy atom. The molecule has 23 heavy (non-hydrogen) atoms. The first-order valence-corrected chi connectivity index (χ1v) is 7.20. The highest BCUT2D eigenvalue weighted by Gasteiger charge is 2.12. The van der Waals surface area contributed by atoms with Gasteiger partial charge in [0.1, 0.15) is 17.2 Å². The number of hydrogen-bond donors (Lipinski definition) is 1.